The maximum atomic E-state index is 13.0. The van der Waals surface area contributed by atoms with Gasteiger partial charge in [-0.25, -0.2) is 15.0 Å². The molecule has 6 rings (SSSR count). The average molecular weight is 560 g/mol. The van der Waals surface area contributed by atoms with Gasteiger partial charge in [0, 0.05) is 35.8 Å². The van der Waals surface area contributed by atoms with Crippen LogP contribution in [0.4, 0.5) is 24.8 Å². The molecule has 9 nitrogen and oxygen atoms in total. The summed E-state index contributed by atoms with van der Waals surface area (Å²) in [5.41, 5.74) is 7.37. The summed E-state index contributed by atoms with van der Waals surface area (Å²) in [6.45, 7) is 1.64. The molecular weight excluding hydrogens is 535 g/mol. The Labute approximate surface area is 232 Å². The smallest absolute Gasteiger partial charge is 0.382 e. The summed E-state index contributed by atoms with van der Waals surface area (Å²) in [6, 6.07) is 7.89. The van der Waals surface area contributed by atoms with Gasteiger partial charge in [0.15, 0.2) is 0 Å². The molecule has 2 amide bonds. The molecular formula is C29H24F3N7O2. The molecule has 1 saturated carbocycles. The predicted molar refractivity (Wildman–Crippen MR) is 144 cm³/mol. The Morgan fingerprint density at radius 2 is 1.88 bits per heavy atom. The van der Waals surface area contributed by atoms with Crippen molar-refractivity contribution < 1.29 is 22.8 Å². The van der Waals surface area contributed by atoms with Gasteiger partial charge in [0.2, 0.25) is 0 Å². The Hall–Kier alpha value is -4.92. The number of nitrogens with one attached hydrogen (secondary N) is 1. The first kappa shape index (κ1) is 26.3. The van der Waals surface area contributed by atoms with Crippen molar-refractivity contribution in [2.75, 3.05) is 11.1 Å². The van der Waals surface area contributed by atoms with Crippen molar-refractivity contribution in [2.45, 2.75) is 44.4 Å². The van der Waals surface area contributed by atoms with E-state index < -0.39 is 17.6 Å². The number of pyridine rings is 1. The molecule has 0 spiro atoms. The number of imidazole rings is 1. The Balaban J connectivity index is 1.33. The summed E-state index contributed by atoms with van der Waals surface area (Å²) >= 11 is 0. The molecule has 2 aliphatic rings. The van der Waals surface area contributed by atoms with Crippen LogP contribution in [0, 0.1) is 17.8 Å². The minimum atomic E-state index is -4.56. The number of benzene rings is 1. The number of halogens is 3. The van der Waals surface area contributed by atoms with Gasteiger partial charge >= 0.3 is 6.18 Å². The lowest BCUT2D eigenvalue weighted by Crippen LogP contribution is -2.40. The molecule has 1 aromatic carbocycles. The van der Waals surface area contributed by atoms with Gasteiger partial charge in [0.05, 0.1) is 11.6 Å². The van der Waals surface area contributed by atoms with E-state index in [4.69, 9.17) is 10.7 Å². The molecule has 41 heavy (non-hydrogen) atoms. The number of fused-ring (bicyclic) bond motifs is 3. The fourth-order valence-corrected chi connectivity index (χ4v) is 5.92. The van der Waals surface area contributed by atoms with Crippen LogP contribution in [-0.2, 0) is 11.0 Å². The van der Waals surface area contributed by atoms with Crippen LogP contribution < -0.4 is 11.1 Å². The zero-order chi connectivity index (χ0) is 28.9. The zero-order valence-corrected chi connectivity index (χ0v) is 21.8. The topological polar surface area (TPSA) is 119 Å². The highest BCUT2D eigenvalue weighted by atomic mass is 19.4. The molecule has 2 fully saturated rings. The second kappa shape index (κ2) is 9.92. The molecule has 12 heteroatoms. The number of nitrogen functional groups attached to an aromatic ring is 1. The SMILES string of the molecule is CC#CC(=O)N1C2CC[C@@H](C2)C1c1nc(-c2ccc(C(=O)Nc3cc(C(F)(F)F)ccn3)cc2)c2c(N)nccn12. The quantitative estimate of drug-likeness (QED) is 0.350. The van der Waals surface area contributed by atoms with Gasteiger partial charge in [-0.2, -0.15) is 13.2 Å². The highest BCUT2D eigenvalue weighted by Crippen LogP contribution is 2.50. The molecule has 1 aliphatic heterocycles. The Kier molecular flexibility index (Phi) is 6.37. The maximum absolute atomic E-state index is 13.0. The summed E-state index contributed by atoms with van der Waals surface area (Å²) in [6.07, 6.45) is 2.57. The maximum Gasteiger partial charge on any atom is 0.416 e. The third-order valence-electron chi connectivity index (χ3n) is 7.68. The number of nitrogens with zero attached hydrogens (tertiary/aromatic N) is 5. The first-order chi connectivity index (χ1) is 19.7. The number of carbonyl (C=O) groups excluding carboxylic acids is 2. The van der Waals surface area contributed by atoms with Crippen molar-refractivity contribution in [3.8, 4) is 23.1 Å². The van der Waals surface area contributed by atoms with Crippen LogP contribution in [0.5, 0.6) is 0 Å². The van der Waals surface area contributed by atoms with Crippen LogP contribution in [0.25, 0.3) is 16.8 Å². The lowest BCUT2D eigenvalue weighted by molar-refractivity contribution is -0.137. The van der Waals surface area contributed by atoms with E-state index in [1.807, 2.05) is 9.30 Å². The summed E-state index contributed by atoms with van der Waals surface area (Å²) in [4.78, 5) is 40.6. The molecule has 1 saturated heterocycles. The number of hydrogen-bond acceptors (Lipinski definition) is 6. The van der Waals surface area contributed by atoms with E-state index in [0.29, 0.717) is 22.6 Å². The van der Waals surface area contributed by atoms with E-state index >= 15 is 0 Å². The molecule has 3 N–H and O–H groups in total. The van der Waals surface area contributed by atoms with E-state index in [1.54, 1.807) is 43.6 Å². The Bertz CT molecular complexity index is 1740. The third-order valence-corrected chi connectivity index (χ3v) is 7.68. The molecule has 4 aromatic rings. The molecule has 3 atom stereocenters. The summed E-state index contributed by atoms with van der Waals surface area (Å²) < 4.78 is 40.9. The van der Waals surface area contributed by atoms with Crippen molar-refractivity contribution in [1.82, 2.24) is 24.3 Å². The number of amides is 2. The summed E-state index contributed by atoms with van der Waals surface area (Å²) in [5, 5.41) is 2.40. The Morgan fingerprint density at radius 3 is 2.61 bits per heavy atom. The molecule has 0 radical (unpaired) electrons. The third kappa shape index (κ3) is 4.63. The molecule has 208 valence electrons. The first-order valence-electron chi connectivity index (χ1n) is 13.0. The van der Waals surface area contributed by atoms with Crippen LogP contribution in [0.1, 0.15) is 54.0 Å². The largest absolute Gasteiger partial charge is 0.416 e. The molecule has 2 unspecified atom stereocenters. The normalized spacial score (nSPS) is 19.7. The summed E-state index contributed by atoms with van der Waals surface area (Å²) in [7, 11) is 0. The number of hydrogen-bond donors (Lipinski definition) is 2. The lowest BCUT2D eigenvalue weighted by atomic mass is 9.98. The van der Waals surface area contributed by atoms with E-state index in [1.165, 1.54) is 0 Å². The minimum Gasteiger partial charge on any atom is -0.382 e. The molecule has 2 bridgehead atoms. The van der Waals surface area contributed by atoms with Gasteiger partial charge in [-0.1, -0.05) is 18.1 Å². The van der Waals surface area contributed by atoms with Crippen LogP contribution in [-0.4, -0.2) is 42.1 Å². The van der Waals surface area contributed by atoms with Crippen LogP contribution in [0.3, 0.4) is 0 Å². The number of anilines is 2. The van der Waals surface area contributed by atoms with Gasteiger partial charge < -0.3 is 16.0 Å². The molecule has 4 heterocycles. The van der Waals surface area contributed by atoms with Gasteiger partial charge in [-0.05, 0) is 62.3 Å². The monoisotopic (exact) mass is 559 g/mol. The average Bonchev–Trinajstić information content (AvgIpc) is 3.67. The number of nitrogens with two attached hydrogens (primary N) is 1. The van der Waals surface area contributed by atoms with Gasteiger partial charge in [0.1, 0.15) is 28.7 Å². The zero-order valence-electron chi connectivity index (χ0n) is 21.8. The number of aromatic nitrogens is 4. The van der Waals surface area contributed by atoms with E-state index in [9.17, 15) is 22.8 Å². The predicted octanol–water partition coefficient (Wildman–Crippen LogP) is 4.72. The van der Waals surface area contributed by atoms with Crippen molar-refractivity contribution >= 4 is 29.0 Å². The van der Waals surface area contributed by atoms with Crippen molar-refractivity contribution in [3.63, 3.8) is 0 Å². The number of carbonyl (C=O) groups is 2. The number of likely N-dealkylation sites (tertiary alicyclic amines) is 1. The second-order valence-electron chi connectivity index (χ2n) is 10.1. The minimum absolute atomic E-state index is 0.109. The highest BCUT2D eigenvalue weighted by Gasteiger charge is 2.50. The standard InChI is InChI=1S/C29H24F3N7O2/c1-2-3-22(40)39-20-9-8-18(14-20)24(39)27-37-23(25-26(33)35-12-13-38(25)27)16-4-6-17(7-5-16)28(41)36-21-15-19(10-11-34-21)29(30,31)32/h4-7,10-13,15,18,20,24H,8-9,14H2,1H3,(H2,33,35)(H,34,36,41)/t18-,20?,24?/m0/s1. The first-order valence-corrected chi connectivity index (χ1v) is 13.0. The summed E-state index contributed by atoms with van der Waals surface area (Å²) in [5.74, 6) is 5.50. The molecule has 1 aliphatic carbocycles. The van der Waals surface area contributed by atoms with Gasteiger partial charge in [-0.15, -0.1) is 0 Å². The fraction of sp³-hybridized carbons (Fsp3) is 0.276. The van der Waals surface area contributed by atoms with Crippen LogP contribution >= 0.6 is 0 Å². The van der Waals surface area contributed by atoms with Crippen molar-refractivity contribution in [2.24, 2.45) is 5.92 Å². The Morgan fingerprint density at radius 1 is 1.10 bits per heavy atom. The van der Waals surface area contributed by atoms with Crippen LogP contribution in [0.15, 0.2) is 55.0 Å². The molecule has 3 aromatic heterocycles. The van der Waals surface area contributed by atoms with Gasteiger partial charge in [0.25, 0.3) is 11.8 Å². The second-order valence-corrected chi connectivity index (χ2v) is 10.1. The van der Waals surface area contributed by atoms with Crippen molar-refractivity contribution in [1.29, 1.82) is 0 Å². The number of piperidine rings is 1. The fourth-order valence-electron chi connectivity index (χ4n) is 5.92. The highest BCUT2D eigenvalue weighted by molar-refractivity contribution is 6.04. The number of alkyl halides is 3. The van der Waals surface area contributed by atoms with Crippen LogP contribution in [0.2, 0.25) is 0 Å². The number of rotatable bonds is 4. The van der Waals surface area contributed by atoms with E-state index in [-0.39, 0.29) is 41.1 Å². The lowest BCUT2D eigenvalue weighted by Gasteiger charge is -2.33. The van der Waals surface area contributed by atoms with E-state index in [2.05, 4.69) is 27.1 Å². The van der Waals surface area contributed by atoms with E-state index in [0.717, 1.165) is 37.6 Å². The van der Waals surface area contributed by atoms with Crippen molar-refractivity contribution in [3.05, 3.63) is 71.9 Å². The van der Waals surface area contributed by atoms with Gasteiger partial charge in [-0.3, -0.25) is 14.0 Å².